The molecule has 0 fully saturated rings. The number of hydrogen-bond donors (Lipinski definition) is 0. The Morgan fingerprint density at radius 2 is 2.00 bits per heavy atom. The van der Waals surface area contributed by atoms with Gasteiger partial charge in [0.15, 0.2) is 0 Å². The van der Waals surface area contributed by atoms with Crippen LogP contribution in [0.25, 0.3) is 16.3 Å². The summed E-state index contributed by atoms with van der Waals surface area (Å²) >= 11 is 0. The molecule has 102 valence electrons. The maximum absolute atomic E-state index is 11.2. The fourth-order valence-corrected chi connectivity index (χ4v) is 3.30. The third-order valence-electron chi connectivity index (χ3n) is 4.01. The van der Waals surface area contributed by atoms with Crippen LogP contribution in [0.4, 0.5) is 0 Å². The van der Waals surface area contributed by atoms with Gasteiger partial charge in [-0.25, -0.2) is 0 Å². The van der Waals surface area contributed by atoms with Gasteiger partial charge in [-0.1, -0.05) is 44.7 Å². The van der Waals surface area contributed by atoms with Crippen molar-refractivity contribution in [1.29, 1.82) is 0 Å². The minimum atomic E-state index is -0.289. The van der Waals surface area contributed by atoms with Gasteiger partial charge in [-0.2, -0.15) is 0 Å². The van der Waals surface area contributed by atoms with Gasteiger partial charge >= 0.3 is 5.97 Å². The molecule has 0 bridgehead atoms. The number of ether oxygens (including phenoxy) is 1. The molecule has 1 aliphatic rings. The summed E-state index contributed by atoms with van der Waals surface area (Å²) in [7, 11) is 0. The van der Waals surface area contributed by atoms with Gasteiger partial charge in [-0.3, -0.25) is 4.79 Å². The van der Waals surface area contributed by atoms with Gasteiger partial charge in [0.2, 0.25) is 0 Å². The first-order valence-corrected chi connectivity index (χ1v) is 6.94. The molecule has 1 unspecified atom stereocenters. The monoisotopic (exact) mass is 266 g/mol. The van der Waals surface area contributed by atoms with Gasteiger partial charge in [0.25, 0.3) is 0 Å². The zero-order chi connectivity index (χ0) is 14.4. The Morgan fingerprint density at radius 3 is 2.65 bits per heavy atom. The van der Waals surface area contributed by atoms with Crippen molar-refractivity contribution in [1.82, 2.24) is 0 Å². The van der Waals surface area contributed by atoms with Crippen molar-refractivity contribution in [3.63, 3.8) is 0 Å². The first-order chi connectivity index (χ1) is 9.50. The molecule has 2 aromatic carbocycles. The summed E-state index contributed by atoms with van der Waals surface area (Å²) in [5.74, 6) is 1.19. The highest BCUT2D eigenvalue weighted by Gasteiger charge is 2.30. The minimum absolute atomic E-state index is 0.289. The Hall–Kier alpha value is -2.09. The predicted octanol–water partition coefficient (Wildman–Crippen LogP) is 4.53. The number of allylic oxidation sites excluding steroid dienone is 1. The van der Waals surface area contributed by atoms with E-state index >= 15 is 0 Å². The highest BCUT2D eigenvalue weighted by Crippen LogP contribution is 2.50. The second-order valence-corrected chi connectivity index (χ2v) is 5.72. The van der Waals surface area contributed by atoms with Gasteiger partial charge in [0, 0.05) is 18.2 Å². The number of esters is 1. The highest BCUT2D eigenvalue weighted by atomic mass is 16.5. The van der Waals surface area contributed by atoms with Crippen molar-refractivity contribution in [2.75, 3.05) is 0 Å². The zero-order valence-electron chi connectivity index (χ0n) is 12.1. The summed E-state index contributed by atoms with van der Waals surface area (Å²) in [6.45, 7) is 10.1. The molecule has 0 N–H and O–H groups in total. The predicted molar refractivity (Wildman–Crippen MR) is 81.9 cm³/mol. The molecule has 0 saturated carbocycles. The van der Waals surface area contributed by atoms with E-state index in [2.05, 4.69) is 26.5 Å². The van der Waals surface area contributed by atoms with E-state index in [1.807, 2.05) is 24.3 Å². The lowest BCUT2D eigenvalue weighted by molar-refractivity contribution is -0.131. The molecule has 20 heavy (non-hydrogen) atoms. The van der Waals surface area contributed by atoms with Crippen molar-refractivity contribution < 1.29 is 9.53 Å². The van der Waals surface area contributed by atoms with Gasteiger partial charge in [0.05, 0.1) is 0 Å². The SMILES string of the molecule is C=C1c2ccc(OC(C)=O)c3cccc(c23)C1C(C)C. The maximum Gasteiger partial charge on any atom is 0.308 e. The molecule has 0 heterocycles. The second kappa shape index (κ2) is 4.48. The van der Waals surface area contributed by atoms with Crippen molar-refractivity contribution in [2.45, 2.75) is 26.7 Å². The van der Waals surface area contributed by atoms with Crippen LogP contribution in [-0.4, -0.2) is 5.97 Å². The largest absolute Gasteiger partial charge is 0.426 e. The molecule has 3 rings (SSSR count). The average Bonchev–Trinajstić information content (AvgIpc) is 2.66. The average molecular weight is 266 g/mol. The zero-order valence-corrected chi connectivity index (χ0v) is 12.1. The van der Waals surface area contributed by atoms with Crippen molar-refractivity contribution in [2.24, 2.45) is 5.92 Å². The summed E-state index contributed by atoms with van der Waals surface area (Å²) in [4.78, 5) is 11.2. The van der Waals surface area contributed by atoms with Crippen LogP contribution in [0.5, 0.6) is 5.75 Å². The second-order valence-electron chi connectivity index (χ2n) is 5.72. The van der Waals surface area contributed by atoms with Gasteiger partial charge in [-0.05, 0) is 34.1 Å². The summed E-state index contributed by atoms with van der Waals surface area (Å²) in [6.07, 6.45) is 0. The van der Waals surface area contributed by atoms with E-state index in [1.165, 1.54) is 29.0 Å². The van der Waals surface area contributed by atoms with Crippen LogP contribution < -0.4 is 4.74 Å². The molecule has 1 aliphatic carbocycles. The summed E-state index contributed by atoms with van der Waals surface area (Å²) in [5, 5.41) is 2.19. The lowest BCUT2D eigenvalue weighted by atomic mass is 9.86. The van der Waals surface area contributed by atoms with Crippen LogP contribution in [0.3, 0.4) is 0 Å². The molecule has 0 spiro atoms. The van der Waals surface area contributed by atoms with Gasteiger partial charge < -0.3 is 4.74 Å². The first-order valence-electron chi connectivity index (χ1n) is 6.94. The van der Waals surface area contributed by atoms with Crippen LogP contribution >= 0.6 is 0 Å². The lowest BCUT2D eigenvalue weighted by Crippen LogP contribution is -2.03. The van der Waals surface area contributed by atoms with Crippen molar-refractivity contribution in [3.05, 3.63) is 48.0 Å². The molecule has 0 aromatic heterocycles. The number of carbonyl (C=O) groups is 1. The van der Waals surface area contributed by atoms with E-state index < -0.39 is 0 Å². The number of benzene rings is 2. The van der Waals surface area contributed by atoms with Gasteiger partial charge in [-0.15, -0.1) is 0 Å². The van der Waals surface area contributed by atoms with Crippen LogP contribution in [0.2, 0.25) is 0 Å². The van der Waals surface area contributed by atoms with E-state index in [9.17, 15) is 4.79 Å². The van der Waals surface area contributed by atoms with E-state index in [4.69, 9.17) is 4.74 Å². The Balaban J connectivity index is 2.30. The molecule has 2 heteroatoms. The molecule has 0 radical (unpaired) electrons. The van der Waals surface area contributed by atoms with E-state index in [-0.39, 0.29) is 5.97 Å². The van der Waals surface area contributed by atoms with E-state index in [0.717, 1.165) is 5.39 Å². The summed E-state index contributed by atoms with van der Waals surface area (Å²) in [5.41, 5.74) is 3.65. The molecule has 2 nitrogen and oxygen atoms in total. The normalized spacial score (nSPS) is 17.0. The number of rotatable bonds is 2. The molecule has 0 saturated heterocycles. The molecule has 1 atom stereocenters. The standard InChI is InChI=1S/C18H18O2/c1-10(2)17-11(3)13-8-9-16(20-12(4)19)14-6-5-7-15(17)18(13)14/h5-10,17H,3H2,1-2,4H3. The smallest absolute Gasteiger partial charge is 0.308 e. The minimum Gasteiger partial charge on any atom is -0.426 e. The quantitative estimate of drug-likeness (QED) is 0.589. The van der Waals surface area contributed by atoms with E-state index in [1.54, 1.807) is 0 Å². The molecular formula is C18H18O2. The van der Waals surface area contributed by atoms with E-state index in [0.29, 0.717) is 17.6 Å². The fourth-order valence-electron chi connectivity index (χ4n) is 3.30. The Morgan fingerprint density at radius 1 is 1.25 bits per heavy atom. The summed E-state index contributed by atoms with van der Waals surface area (Å²) in [6, 6.07) is 10.1. The van der Waals surface area contributed by atoms with Crippen LogP contribution in [-0.2, 0) is 4.79 Å². The molecule has 2 aromatic rings. The third-order valence-corrected chi connectivity index (χ3v) is 4.01. The molecule has 0 amide bonds. The van der Waals surface area contributed by atoms with Crippen LogP contribution in [0.1, 0.15) is 37.8 Å². The lowest BCUT2D eigenvalue weighted by Gasteiger charge is -2.17. The number of hydrogen-bond acceptors (Lipinski definition) is 2. The van der Waals surface area contributed by atoms with Gasteiger partial charge in [0.1, 0.15) is 5.75 Å². The topological polar surface area (TPSA) is 26.3 Å². The van der Waals surface area contributed by atoms with Crippen molar-refractivity contribution in [3.8, 4) is 5.75 Å². The van der Waals surface area contributed by atoms with Crippen LogP contribution in [0, 0.1) is 5.92 Å². The third kappa shape index (κ3) is 1.75. The Bertz CT molecular complexity index is 726. The highest BCUT2D eigenvalue weighted by molar-refractivity contribution is 6.05. The van der Waals surface area contributed by atoms with Crippen molar-refractivity contribution >= 4 is 22.3 Å². The first kappa shape index (κ1) is 12.9. The molecule has 0 aliphatic heterocycles. The fraction of sp³-hybridized carbons (Fsp3) is 0.278. The Kier molecular flexibility index (Phi) is 2.89. The van der Waals surface area contributed by atoms with Crippen LogP contribution in [0.15, 0.2) is 36.9 Å². The molecular weight excluding hydrogens is 248 g/mol. The summed E-state index contributed by atoms with van der Waals surface area (Å²) < 4.78 is 5.33. The Labute approximate surface area is 119 Å². The maximum atomic E-state index is 11.2. The number of carbonyl (C=O) groups excluding carboxylic acids is 1.